The summed E-state index contributed by atoms with van der Waals surface area (Å²) >= 11 is 0. The van der Waals surface area contributed by atoms with Crippen molar-refractivity contribution < 1.29 is 14.3 Å². The number of Topliss-reactive ketones (excluding diaryl/α,β-unsaturated/α-hetero) is 1. The average molecular weight is 276 g/mol. The van der Waals surface area contributed by atoms with Gasteiger partial charge < -0.3 is 10.1 Å². The SMILES string of the molecule is C=CCc1cncc(C(=O)CNC(=O)OC(C)(C)C)c1. The zero-order chi connectivity index (χ0) is 15.2. The van der Waals surface area contributed by atoms with E-state index in [4.69, 9.17) is 4.74 Å². The van der Waals surface area contributed by atoms with E-state index in [0.717, 1.165) is 5.56 Å². The molecule has 1 aromatic heterocycles. The number of amides is 1. The van der Waals surface area contributed by atoms with Crippen molar-refractivity contribution in [2.45, 2.75) is 32.8 Å². The van der Waals surface area contributed by atoms with Crippen LogP contribution in [-0.2, 0) is 11.2 Å². The van der Waals surface area contributed by atoms with E-state index in [0.29, 0.717) is 12.0 Å². The van der Waals surface area contributed by atoms with E-state index in [-0.39, 0.29) is 12.3 Å². The molecule has 0 saturated heterocycles. The lowest BCUT2D eigenvalue weighted by atomic mass is 10.1. The molecular weight excluding hydrogens is 256 g/mol. The smallest absolute Gasteiger partial charge is 0.408 e. The highest BCUT2D eigenvalue weighted by atomic mass is 16.6. The number of carbonyl (C=O) groups is 2. The van der Waals surface area contributed by atoms with Crippen molar-refractivity contribution in [3.8, 4) is 0 Å². The van der Waals surface area contributed by atoms with Crippen LogP contribution in [-0.4, -0.2) is 29.0 Å². The van der Waals surface area contributed by atoms with Gasteiger partial charge in [0.2, 0.25) is 0 Å². The normalized spacial score (nSPS) is 10.8. The van der Waals surface area contributed by atoms with Crippen LogP contribution in [0.15, 0.2) is 31.1 Å². The highest BCUT2D eigenvalue weighted by molar-refractivity contribution is 5.98. The largest absolute Gasteiger partial charge is 0.444 e. The molecule has 1 rings (SSSR count). The minimum atomic E-state index is -0.610. The second-order valence-electron chi connectivity index (χ2n) is 5.35. The van der Waals surface area contributed by atoms with Gasteiger partial charge in [-0.1, -0.05) is 6.08 Å². The Morgan fingerprint density at radius 2 is 2.10 bits per heavy atom. The summed E-state index contributed by atoms with van der Waals surface area (Å²) in [6.45, 7) is 8.80. The number of rotatable bonds is 5. The van der Waals surface area contributed by atoms with E-state index in [9.17, 15) is 9.59 Å². The zero-order valence-electron chi connectivity index (χ0n) is 12.1. The van der Waals surface area contributed by atoms with Crippen LogP contribution in [0, 0.1) is 0 Å². The lowest BCUT2D eigenvalue weighted by Gasteiger charge is -2.19. The number of allylic oxidation sites excluding steroid dienone is 1. The monoisotopic (exact) mass is 276 g/mol. The molecule has 0 saturated carbocycles. The number of hydrogen-bond acceptors (Lipinski definition) is 4. The van der Waals surface area contributed by atoms with Crippen LogP contribution in [0.5, 0.6) is 0 Å². The predicted octanol–water partition coefficient (Wildman–Crippen LogP) is 2.52. The number of ketones is 1. The third-order valence-corrected chi connectivity index (χ3v) is 2.29. The molecule has 1 amide bonds. The van der Waals surface area contributed by atoms with Crippen LogP contribution in [0.3, 0.4) is 0 Å². The van der Waals surface area contributed by atoms with Crippen molar-refractivity contribution in [3.63, 3.8) is 0 Å². The van der Waals surface area contributed by atoms with Crippen molar-refractivity contribution in [3.05, 3.63) is 42.2 Å². The molecule has 0 aliphatic heterocycles. The van der Waals surface area contributed by atoms with Crippen LogP contribution in [0.25, 0.3) is 0 Å². The summed E-state index contributed by atoms with van der Waals surface area (Å²) in [6, 6.07) is 1.74. The minimum absolute atomic E-state index is 0.117. The molecule has 5 heteroatoms. The van der Waals surface area contributed by atoms with Crippen LogP contribution < -0.4 is 5.32 Å². The standard InChI is InChI=1S/C15H20N2O3/c1-5-6-11-7-12(9-16-8-11)13(18)10-17-14(19)20-15(2,3)4/h5,7-9H,1,6,10H2,2-4H3,(H,17,19). The summed E-state index contributed by atoms with van der Waals surface area (Å²) < 4.78 is 5.06. The zero-order valence-corrected chi connectivity index (χ0v) is 12.1. The second-order valence-corrected chi connectivity index (χ2v) is 5.35. The maximum absolute atomic E-state index is 11.9. The molecule has 1 aromatic rings. The highest BCUT2D eigenvalue weighted by Crippen LogP contribution is 2.07. The molecule has 0 aromatic carbocycles. The lowest BCUT2D eigenvalue weighted by molar-refractivity contribution is 0.0520. The Balaban J connectivity index is 2.56. The summed E-state index contributed by atoms with van der Waals surface area (Å²) in [5, 5.41) is 2.43. The molecule has 1 N–H and O–H groups in total. The first kappa shape index (κ1) is 15.9. The van der Waals surface area contributed by atoms with E-state index >= 15 is 0 Å². The first-order chi connectivity index (χ1) is 9.31. The first-order valence-electron chi connectivity index (χ1n) is 6.36. The van der Waals surface area contributed by atoms with E-state index in [1.165, 1.54) is 6.20 Å². The van der Waals surface area contributed by atoms with Crippen molar-refractivity contribution in [1.82, 2.24) is 10.3 Å². The molecular formula is C15H20N2O3. The number of carbonyl (C=O) groups excluding carboxylic acids is 2. The molecule has 0 bridgehead atoms. The summed E-state index contributed by atoms with van der Waals surface area (Å²) in [6.07, 6.45) is 4.93. The maximum Gasteiger partial charge on any atom is 0.408 e. The Labute approximate surface area is 119 Å². The van der Waals surface area contributed by atoms with Crippen LogP contribution in [0.4, 0.5) is 4.79 Å². The minimum Gasteiger partial charge on any atom is -0.444 e. The third kappa shape index (κ3) is 5.65. The maximum atomic E-state index is 11.9. The van der Waals surface area contributed by atoms with Gasteiger partial charge in [-0.25, -0.2) is 4.79 Å². The van der Waals surface area contributed by atoms with E-state index in [1.54, 1.807) is 39.1 Å². The molecule has 1 heterocycles. The van der Waals surface area contributed by atoms with Gasteiger partial charge in [0.25, 0.3) is 0 Å². The Morgan fingerprint density at radius 1 is 1.40 bits per heavy atom. The van der Waals surface area contributed by atoms with Gasteiger partial charge in [-0.2, -0.15) is 0 Å². The van der Waals surface area contributed by atoms with E-state index < -0.39 is 11.7 Å². The summed E-state index contributed by atoms with van der Waals surface area (Å²) in [5.41, 5.74) is 0.780. The average Bonchev–Trinajstić information content (AvgIpc) is 2.34. The van der Waals surface area contributed by atoms with Gasteiger partial charge in [-0.3, -0.25) is 9.78 Å². The van der Waals surface area contributed by atoms with Crippen LogP contribution >= 0.6 is 0 Å². The Hall–Kier alpha value is -2.17. The van der Waals surface area contributed by atoms with Crippen LogP contribution in [0.2, 0.25) is 0 Å². The number of aromatic nitrogens is 1. The molecule has 0 spiro atoms. The highest BCUT2D eigenvalue weighted by Gasteiger charge is 2.17. The summed E-state index contributed by atoms with van der Waals surface area (Å²) in [5.74, 6) is -0.214. The van der Waals surface area contributed by atoms with E-state index in [1.807, 2.05) is 0 Å². The van der Waals surface area contributed by atoms with Crippen molar-refractivity contribution in [2.75, 3.05) is 6.54 Å². The van der Waals surface area contributed by atoms with Gasteiger partial charge in [0.1, 0.15) is 5.60 Å². The van der Waals surface area contributed by atoms with Gasteiger partial charge in [-0.05, 0) is 38.8 Å². The van der Waals surface area contributed by atoms with Crippen molar-refractivity contribution >= 4 is 11.9 Å². The molecule has 20 heavy (non-hydrogen) atoms. The summed E-state index contributed by atoms with van der Waals surface area (Å²) in [7, 11) is 0. The van der Waals surface area contributed by atoms with Crippen molar-refractivity contribution in [2.24, 2.45) is 0 Å². The topological polar surface area (TPSA) is 68.3 Å². The number of ether oxygens (including phenoxy) is 1. The third-order valence-electron chi connectivity index (χ3n) is 2.29. The van der Waals surface area contributed by atoms with Crippen molar-refractivity contribution in [1.29, 1.82) is 0 Å². The molecule has 0 aliphatic rings. The number of pyridine rings is 1. The van der Waals surface area contributed by atoms with Gasteiger partial charge >= 0.3 is 6.09 Å². The van der Waals surface area contributed by atoms with E-state index in [2.05, 4.69) is 16.9 Å². The van der Waals surface area contributed by atoms with Gasteiger partial charge in [0.15, 0.2) is 5.78 Å². The predicted molar refractivity (Wildman–Crippen MR) is 76.7 cm³/mol. The lowest BCUT2D eigenvalue weighted by Crippen LogP contribution is -2.35. The number of nitrogens with zero attached hydrogens (tertiary/aromatic N) is 1. The molecule has 5 nitrogen and oxygen atoms in total. The quantitative estimate of drug-likeness (QED) is 0.662. The van der Waals surface area contributed by atoms with Gasteiger partial charge in [-0.15, -0.1) is 6.58 Å². The number of hydrogen-bond donors (Lipinski definition) is 1. The molecule has 0 unspecified atom stereocenters. The number of nitrogens with one attached hydrogen (secondary N) is 1. The molecule has 0 atom stereocenters. The second kappa shape index (κ2) is 6.84. The van der Waals surface area contributed by atoms with Crippen LogP contribution in [0.1, 0.15) is 36.7 Å². The Morgan fingerprint density at radius 3 is 2.70 bits per heavy atom. The fraction of sp³-hybridized carbons (Fsp3) is 0.400. The fourth-order valence-corrected chi connectivity index (χ4v) is 1.49. The molecule has 0 aliphatic carbocycles. The Bertz CT molecular complexity index is 504. The first-order valence-corrected chi connectivity index (χ1v) is 6.36. The summed E-state index contributed by atoms with van der Waals surface area (Å²) in [4.78, 5) is 27.4. The molecule has 0 radical (unpaired) electrons. The molecule has 0 fully saturated rings. The fourth-order valence-electron chi connectivity index (χ4n) is 1.49. The van der Waals surface area contributed by atoms with Gasteiger partial charge in [0.05, 0.1) is 6.54 Å². The Kier molecular flexibility index (Phi) is 5.43. The van der Waals surface area contributed by atoms with Gasteiger partial charge in [0, 0.05) is 18.0 Å². The number of alkyl carbamates (subject to hydrolysis) is 1. The molecule has 108 valence electrons.